The lowest BCUT2D eigenvalue weighted by Crippen LogP contribution is -1.90. The van der Waals surface area contributed by atoms with Crippen LogP contribution in [0.5, 0.6) is 0 Å². The van der Waals surface area contributed by atoms with Gasteiger partial charge in [0.15, 0.2) is 11.6 Å². The van der Waals surface area contributed by atoms with Crippen LogP contribution in [-0.4, -0.2) is 4.57 Å². The fraction of sp³-hybridized carbons (Fsp3) is 0.333. The molecule has 1 aromatic carbocycles. The van der Waals surface area contributed by atoms with E-state index in [1.807, 2.05) is 31.7 Å². The summed E-state index contributed by atoms with van der Waals surface area (Å²) in [5.74, 6) is -1.34. The van der Waals surface area contributed by atoms with Crippen molar-refractivity contribution in [1.82, 2.24) is 4.57 Å². The van der Waals surface area contributed by atoms with Gasteiger partial charge in [0.1, 0.15) is 0 Å². The van der Waals surface area contributed by atoms with Crippen molar-refractivity contribution >= 4 is 10.9 Å². The van der Waals surface area contributed by atoms with Crippen LogP contribution in [0.4, 0.5) is 8.78 Å². The van der Waals surface area contributed by atoms with E-state index in [1.165, 1.54) is 6.07 Å². The van der Waals surface area contributed by atoms with Crippen LogP contribution in [0.2, 0.25) is 0 Å². The molecule has 2 aromatic rings. The maximum atomic E-state index is 13.6. The lowest BCUT2D eigenvalue weighted by atomic mass is 10.0. The third-order valence-corrected chi connectivity index (χ3v) is 2.70. The van der Waals surface area contributed by atoms with Crippen molar-refractivity contribution in [1.29, 1.82) is 0 Å². The second-order valence-electron chi connectivity index (χ2n) is 4.11. The summed E-state index contributed by atoms with van der Waals surface area (Å²) in [6.45, 7) is 3.94. The van der Waals surface area contributed by atoms with Crippen LogP contribution in [0, 0.1) is 11.6 Å². The molecule has 1 heterocycles. The Kier molecular flexibility index (Phi) is 2.25. The molecule has 0 fully saturated rings. The molecular weight excluding hydrogens is 196 g/mol. The van der Waals surface area contributed by atoms with Gasteiger partial charge in [-0.2, -0.15) is 0 Å². The third kappa shape index (κ3) is 1.42. The molecule has 0 aliphatic carbocycles. The largest absolute Gasteiger partial charge is 0.350 e. The molecule has 0 aliphatic heterocycles. The standard InChI is InChI=1S/C12H13F2N/c1-7(2)8-6-15(3)10-5-4-9(13)12(14)11(8)10/h4-7H,1-3H3. The van der Waals surface area contributed by atoms with Gasteiger partial charge in [-0.15, -0.1) is 0 Å². The Morgan fingerprint density at radius 2 is 1.87 bits per heavy atom. The van der Waals surface area contributed by atoms with Gasteiger partial charge in [0.25, 0.3) is 0 Å². The normalized spacial score (nSPS) is 11.6. The molecule has 15 heavy (non-hydrogen) atoms. The summed E-state index contributed by atoms with van der Waals surface area (Å²) >= 11 is 0. The predicted octanol–water partition coefficient (Wildman–Crippen LogP) is 3.58. The molecule has 0 radical (unpaired) electrons. The fourth-order valence-corrected chi connectivity index (χ4v) is 1.89. The Hall–Kier alpha value is -1.38. The summed E-state index contributed by atoms with van der Waals surface area (Å²) in [5, 5.41) is 0.410. The molecule has 0 saturated carbocycles. The molecule has 1 nitrogen and oxygen atoms in total. The average Bonchev–Trinajstić information content (AvgIpc) is 2.50. The number of halogens is 2. The highest BCUT2D eigenvalue weighted by Crippen LogP contribution is 2.30. The minimum atomic E-state index is -0.782. The first kappa shape index (κ1) is 10.1. The van der Waals surface area contributed by atoms with Crippen molar-refractivity contribution in [3.63, 3.8) is 0 Å². The van der Waals surface area contributed by atoms with E-state index in [0.29, 0.717) is 5.39 Å². The number of hydrogen-bond acceptors (Lipinski definition) is 0. The number of benzene rings is 1. The van der Waals surface area contributed by atoms with E-state index in [2.05, 4.69) is 0 Å². The second kappa shape index (κ2) is 3.33. The SMILES string of the molecule is CC(C)c1cn(C)c2ccc(F)c(F)c12. The summed E-state index contributed by atoms with van der Waals surface area (Å²) in [6, 6.07) is 2.78. The fourth-order valence-electron chi connectivity index (χ4n) is 1.89. The van der Waals surface area contributed by atoms with Crippen molar-refractivity contribution in [2.75, 3.05) is 0 Å². The van der Waals surface area contributed by atoms with Gasteiger partial charge in [0.05, 0.1) is 5.52 Å². The Bertz CT molecular complexity index is 512. The van der Waals surface area contributed by atoms with Gasteiger partial charge in [-0.05, 0) is 23.6 Å². The first-order valence-electron chi connectivity index (χ1n) is 4.95. The molecule has 0 unspecified atom stereocenters. The lowest BCUT2D eigenvalue weighted by Gasteiger charge is -2.03. The Morgan fingerprint density at radius 1 is 1.20 bits per heavy atom. The van der Waals surface area contributed by atoms with Crippen molar-refractivity contribution in [2.24, 2.45) is 7.05 Å². The molecule has 0 amide bonds. The van der Waals surface area contributed by atoms with Gasteiger partial charge in [0.2, 0.25) is 0 Å². The smallest absolute Gasteiger partial charge is 0.168 e. The molecule has 0 saturated heterocycles. The number of nitrogens with zero attached hydrogens (tertiary/aromatic N) is 1. The summed E-state index contributed by atoms with van der Waals surface area (Å²) in [7, 11) is 1.84. The molecule has 0 N–H and O–H groups in total. The van der Waals surface area contributed by atoms with Gasteiger partial charge in [-0.3, -0.25) is 0 Å². The van der Waals surface area contributed by atoms with Gasteiger partial charge in [0, 0.05) is 18.6 Å². The molecule has 3 heteroatoms. The average molecular weight is 209 g/mol. The number of rotatable bonds is 1. The second-order valence-corrected chi connectivity index (χ2v) is 4.11. The number of aromatic nitrogens is 1. The predicted molar refractivity (Wildman–Crippen MR) is 56.9 cm³/mol. The number of hydrogen-bond donors (Lipinski definition) is 0. The minimum Gasteiger partial charge on any atom is -0.350 e. The maximum Gasteiger partial charge on any atom is 0.168 e. The highest BCUT2D eigenvalue weighted by Gasteiger charge is 2.16. The van der Waals surface area contributed by atoms with Crippen molar-refractivity contribution in [3.05, 3.63) is 35.5 Å². The van der Waals surface area contributed by atoms with E-state index in [0.717, 1.165) is 11.1 Å². The van der Waals surface area contributed by atoms with Crippen LogP contribution >= 0.6 is 0 Å². The topological polar surface area (TPSA) is 4.93 Å². The summed E-state index contributed by atoms with van der Waals surface area (Å²) in [5.41, 5.74) is 1.59. The van der Waals surface area contributed by atoms with Crippen LogP contribution < -0.4 is 0 Å². The highest BCUT2D eigenvalue weighted by atomic mass is 19.2. The zero-order valence-electron chi connectivity index (χ0n) is 9.01. The van der Waals surface area contributed by atoms with Crippen molar-refractivity contribution in [2.45, 2.75) is 19.8 Å². The van der Waals surface area contributed by atoms with E-state index in [1.54, 1.807) is 6.07 Å². The van der Waals surface area contributed by atoms with Gasteiger partial charge >= 0.3 is 0 Å². The van der Waals surface area contributed by atoms with Gasteiger partial charge < -0.3 is 4.57 Å². The summed E-state index contributed by atoms with van der Waals surface area (Å²) < 4.78 is 28.6. The first-order chi connectivity index (χ1) is 7.02. The number of aryl methyl sites for hydroxylation is 1. The first-order valence-corrected chi connectivity index (χ1v) is 4.95. The highest BCUT2D eigenvalue weighted by molar-refractivity contribution is 5.85. The van der Waals surface area contributed by atoms with E-state index in [4.69, 9.17) is 0 Å². The van der Waals surface area contributed by atoms with E-state index >= 15 is 0 Å². The Morgan fingerprint density at radius 3 is 2.47 bits per heavy atom. The third-order valence-electron chi connectivity index (χ3n) is 2.70. The molecule has 80 valence electrons. The van der Waals surface area contributed by atoms with E-state index in [-0.39, 0.29) is 5.92 Å². The van der Waals surface area contributed by atoms with Crippen LogP contribution in [0.3, 0.4) is 0 Å². The van der Waals surface area contributed by atoms with E-state index < -0.39 is 11.6 Å². The lowest BCUT2D eigenvalue weighted by molar-refractivity contribution is 0.516. The number of fused-ring (bicyclic) bond motifs is 1. The minimum absolute atomic E-state index is 0.185. The van der Waals surface area contributed by atoms with Gasteiger partial charge in [-0.25, -0.2) is 8.78 Å². The molecule has 0 spiro atoms. The van der Waals surface area contributed by atoms with Crippen molar-refractivity contribution < 1.29 is 8.78 Å². The molecule has 2 rings (SSSR count). The van der Waals surface area contributed by atoms with Crippen LogP contribution in [-0.2, 0) is 7.05 Å². The van der Waals surface area contributed by atoms with Crippen molar-refractivity contribution in [3.8, 4) is 0 Å². The molecular formula is C12H13F2N. The molecule has 0 aliphatic rings. The molecule has 0 bridgehead atoms. The van der Waals surface area contributed by atoms with E-state index in [9.17, 15) is 8.78 Å². The maximum absolute atomic E-state index is 13.6. The van der Waals surface area contributed by atoms with Crippen LogP contribution in [0.25, 0.3) is 10.9 Å². The quantitative estimate of drug-likeness (QED) is 0.676. The molecule has 1 aromatic heterocycles. The Labute approximate surface area is 87.3 Å². The monoisotopic (exact) mass is 209 g/mol. The van der Waals surface area contributed by atoms with Gasteiger partial charge in [-0.1, -0.05) is 13.8 Å². The van der Waals surface area contributed by atoms with Crippen LogP contribution in [0.15, 0.2) is 18.3 Å². The summed E-state index contributed by atoms with van der Waals surface area (Å²) in [6.07, 6.45) is 1.86. The van der Waals surface area contributed by atoms with Crippen LogP contribution in [0.1, 0.15) is 25.3 Å². The Balaban J connectivity index is 2.89. The summed E-state index contributed by atoms with van der Waals surface area (Å²) in [4.78, 5) is 0. The molecule has 0 atom stereocenters. The zero-order chi connectivity index (χ0) is 11.2. The zero-order valence-corrected chi connectivity index (χ0v) is 9.01.